The van der Waals surface area contributed by atoms with Crippen molar-refractivity contribution >= 4 is 10.0 Å². The summed E-state index contributed by atoms with van der Waals surface area (Å²) in [5.41, 5.74) is -0.772. The summed E-state index contributed by atoms with van der Waals surface area (Å²) in [5, 5.41) is 2.67. The second-order valence-corrected chi connectivity index (χ2v) is 5.98. The van der Waals surface area contributed by atoms with Crippen LogP contribution < -0.4 is 10.0 Å². The minimum absolute atomic E-state index is 0.0195. The van der Waals surface area contributed by atoms with Crippen LogP contribution in [0.5, 0.6) is 0 Å². The molecule has 17 heavy (non-hydrogen) atoms. The zero-order valence-corrected chi connectivity index (χ0v) is 10.7. The Kier molecular flexibility index (Phi) is 5.85. The van der Waals surface area contributed by atoms with Crippen LogP contribution in [0.25, 0.3) is 0 Å². The van der Waals surface area contributed by atoms with Crippen LogP contribution in [-0.4, -0.2) is 46.3 Å². The van der Waals surface area contributed by atoms with E-state index in [-0.39, 0.29) is 13.1 Å². The monoisotopic (exact) mass is 278 g/mol. The fourth-order valence-corrected chi connectivity index (χ4v) is 2.25. The van der Waals surface area contributed by atoms with E-state index in [4.69, 9.17) is 0 Å². The van der Waals surface area contributed by atoms with E-state index in [9.17, 15) is 21.6 Å². The zero-order valence-electron chi connectivity index (χ0n) is 9.89. The van der Waals surface area contributed by atoms with E-state index in [0.717, 1.165) is 6.26 Å². The van der Waals surface area contributed by atoms with Crippen molar-refractivity contribution in [3.8, 4) is 0 Å². The van der Waals surface area contributed by atoms with Gasteiger partial charge in [-0.3, -0.25) is 4.74 Å². The third-order valence-electron chi connectivity index (χ3n) is 1.57. The molecule has 9 heteroatoms. The molecule has 0 aliphatic rings. The van der Waals surface area contributed by atoms with Crippen LogP contribution in [0.3, 0.4) is 0 Å². The Balaban J connectivity index is 3.81. The molecule has 104 valence electrons. The summed E-state index contributed by atoms with van der Waals surface area (Å²) in [6.45, 7) is 2.89. The normalized spacial score (nSPS) is 14.0. The lowest BCUT2D eigenvalue weighted by Gasteiger charge is -2.25. The molecule has 0 unspecified atom stereocenters. The molecule has 0 saturated carbocycles. The fraction of sp³-hybridized carbons (Fsp3) is 1.00. The number of sulfonamides is 1. The Labute approximate surface area is 98.8 Å². The molecule has 0 aliphatic heterocycles. The maximum Gasteiger partial charge on any atom is 0.522 e. The predicted molar refractivity (Wildman–Crippen MR) is 56.9 cm³/mol. The molecule has 0 amide bonds. The molecule has 0 atom stereocenters. The van der Waals surface area contributed by atoms with Gasteiger partial charge in [0, 0.05) is 18.6 Å². The minimum Gasteiger partial charge on any atom is -0.313 e. The molecule has 0 bridgehead atoms. The lowest BCUT2D eigenvalue weighted by Crippen LogP contribution is -2.50. The molecule has 0 fully saturated rings. The highest BCUT2D eigenvalue weighted by Gasteiger charge is 2.28. The molecule has 0 aromatic rings. The van der Waals surface area contributed by atoms with Gasteiger partial charge in [-0.25, -0.2) is 13.1 Å². The summed E-state index contributed by atoms with van der Waals surface area (Å²) in [5.74, 6) is 0. The van der Waals surface area contributed by atoms with Crippen LogP contribution in [0.1, 0.15) is 13.8 Å². The summed E-state index contributed by atoms with van der Waals surface area (Å²) in [6, 6.07) is 0. The van der Waals surface area contributed by atoms with Crippen LogP contribution in [-0.2, 0) is 14.8 Å². The van der Waals surface area contributed by atoms with E-state index in [1.54, 1.807) is 13.8 Å². The first kappa shape index (κ1) is 16.6. The highest BCUT2D eigenvalue weighted by Crippen LogP contribution is 2.15. The number of alkyl halides is 3. The number of rotatable bonds is 7. The highest BCUT2D eigenvalue weighted by atomic mass is 32.2. The molecule has 0 spiro atoms. The van der Waals surface area contributed by atoms with Gasteiger partial charge in [0.1, 0.15) is 0 Å². The van der Waals surface area contributed by atoms with Crippen LogP contribution in [0.4, 0.5) is 13.2 Å². The molecule has 5 nitrogen and oxygen atoms in total. The number of hydrogen-bond donors (Lipinski definition) is 2. The van der Waals surface area contributed by atoms with Crippen molar-refractivity contribution in [1.82, 2.24) is 10.0 Å². The van der Waals surface area contributed by atoms with Crippen molar-refractivity contribution in [3.63, 3.8) is 0 Å². The van der Waals surface area contributed by atoms with Gasteiger partial charge in [-0.15, -0.1) is 13.2 Å². The third-order valence-corrected chi connectivity index (χ3v) is 2.50. The Hall–Kier alpha value is -0.380. The van der Waals surface area contributed by atoms with Crippen LogP contribution in [0, 0.1) is 0 Å². The van der Waals surface area contributed by atoms with E-state index >= 15 is 0 Å². The third kappa shape index (κ3) is 11.9. The zero-order chi connectivity index (χ0) is 13.7. The van der Waals surface area contributed by atoms with Crippen LogP contribution >= 0.6 is 0 Å². The number of ether oxygens (including phenoxy) is 1. The second kappa shape index (κ2) is 5.98. The highest BCUT2D eigenvalue weighted by molar-refractivity contribution is 7.88. The number of hydrogen-bond acceptors (Lipinski definition) is 4. The first-order valence-corrected chi connectivity index (χ1v) is 6.71. The maximum absolute atomic E-state index is 11.6. The molecular weight excluding hydrogens is 261 g/mol. The largest absolute Gasteiger partial charge is 0.522 e. The van der Waals surface area contributed by atoms with Gasteiger partial charge < -0.3 is 5.32 Å². The molecule has 0 saturated heterocycles. The van der Waals surface area contributed by atoms with E-state index in [1.165, 1.54) is 0 Å². The Bertz CT molecular complexity index is 327. The molecule has 0 aromatic heterocycles. The Morgan fingerprint density at radius 2 is 1.76 bits per heavy atom. The van der Waals surface area contributed by atoms with Crippen molar-refractivity contribution < 1.29 is 26.3 Å². The summed E-state index contributed by atoms with van der Waals surface area (Å²) in [6.07, 6.45) is -3.62. The van der Waals surface area contributed by atoms with E-state index < -0.39 is 28.5 Å². The van der Waals surface area contributed by atoms with Crippen molar-refractivity contribution in [2.75, 3.05) is 26.0 Å². The predicted octanol–water partition coefficient (Wildman–Crippen LogP) is 0.440. The Morgan fingerprint density at radius 3 is 2.18 bits per heavy atom. The number of halogens is 3. The van der Waals surface area contributed by atoms with Gasteiger partial charge in [-0.2, -0.15) is 0 Å². The van der Waals surface area contributed by atoms with Gasteiger partial charge in [-0.05, 0) is 13.8 Å². The van der Waals surface area contributed by atoms with Crippen molar-refractivity contribution in [2.24, 2.45) is 0 Å². The van der Waals surface area contributed by atoms with Crippen molar-refractivity contribution in [3.05, 3.63) is 0 Å². The standard InChI is InChI=1S/C8H17F3N2O3S/c1-7(2,13-17(3,14)15)6-12-4-5-16-8(9,10)11/h12-13H,4-6H2,1-3H3. The molecule has 0 radical (unpaired) electrons. The maximum atomic E-state index is 11.6. The summed E-state index contributed by atoms with van der Waals surface area (Å²) in [7, 11) is -3.35. The molecule has 0 aromatic carbocycles. The smallest absolute Gasteiger partial charge is 0.313 e. The van der Waals surface area contributed by atoms with Gasteiger partial charge in [0.25, 0.3) is 0 Å². The van der Waals surface area contributed by atoms with Crippen LogP contribution in [0.2, 0.25) is 0 Å². The topological polar surface area (TPSA) is 67.4 Å². The van der Waals surface area contributed by atoms with Gasteiger partial charge in [0.2, 0.25) is 10.0 Å². The van der Waals surface area contributed by atoms with E-state index in [2.05, 4.69) is 14.8 Å². The summed E-state index contributed by atoms with van der Waals surface area (Å²) >= 11 is 0. The van der Waals surface area contributed by atoms with Gasteiger partial charge in [0.15, 0.2) is 0 Å². The molecular formula is C8H17F3N2O3S. The molecule has 0 aliphatic carbocycles. The van der Waals surface area contributed by atoms with Gasteiger partial charge in [-0.1, -0.05) is 0 Å². The second-order valence-electron chi connectivity index (χ2n) is 4.23. The lowest BCUT2D eigenvalue weighted by molar-refractivity contribution is -0.323. The minimum atomic E-state index is -4.64. The SMILES string of the molecule is CC(C)(CNCCOC(F)(F)F)NS(C)(=O)=O. The lowest BCUT2D eigenvalue weighted by atomic mass is 10.1. The first-order valence-electron chi connectivity index (χ1n) is 4.82. The van der Waals surface area contributed by atoms with Crippen LogP contribution in [0.15, 0.2) is 0 Å². The van der Waals surface area contributed by atoms with Crippen molar-refractivity contribution in [1.29, 1.82) is 0 Å². The Morgan fingerprint density at radius 1 is 1.24 bits per heavy atom. The fourth-order valence-electron chi connectivity index (χ4n) is 1.18. The van der Waals surface area contributed by atoms with Crippen molar-refractivity contribution in [2.45, 2.75) is 25.7 Å². The molecule has 0 heterocycles. The first-order chi connectivity index (χ1) is 7.41. The van der Waals surface area contributed by atoms with Gasteiger partial charge in [0.05, 0.1) is 12.9 Å². The average molecular weight is 278 g/mol. The van der Waals surface area contributed by atoms with E-state index in [1.807, 2.05) is 0 Å². The van der Waals surface area contributed by atoms with E-state index in [0.29, 0.717) is 0 Å². The number of nitrogens with one attached hydrogen (secondary N) is 2. The summed E-state index contributed by atoms with van der Waals surface area (Å²) in [4.78, 5) is 0. The quantitative estimate of drug-likeness (QED) is 0.663. The molecule has 2 N–H and O–H groups in total. The van der Waals surface area contributed by atoms with Gasteiger partial charge >= 0.3 is 6.36 Å². The summed E-state index contributed by atoms with van der Waals surface area (Å²) < 4.78 is 62.6. The average Bonchev–Trinajstić information content (AvgIpc) is 1.95. The molecule has 0 rings (SSSR count).